The molecule has 2 aromatic rings. The molecule has 2 amide bonds. The molecule has 23 heavy (non-hydrogen) atoms. The standard InChI is InChI=1S/C16H22N4O3/c1-15(2,3)23-14(22)19-16(4,5)13-18-11(12(17)21)10-8-6-7-9-20(10)13/h6-9H,1-5H3,(H2,17,21)(H,19,22). The first kappa shape index (κ1) is 16.8. The predicted octanol–water partition coefficient (Wildman–Crippen LogP) is 2.19. The van der Waals surface area contributed by atoms with Gasteiger partial charge in [-0.15, -0.1) is 0 Å². The first-order valence-corrected chi connectivity index (χ1v) is 7.30. The van der Waals surface area contributed by atoms with Gasteiger partial charge in [0.2, 0.25) is 0 Å². The number of alkyl carbamates (subject to hydrolysis) is 1. The highest BCUT2D eigenvalue weighted by Gasteiger charge is 2.31. The van der Waals surface area contributed by atoms with Crippen molar-refractivity contribution in [3.8, 4) is 0 Å². The first-order chi connectivity index (χ1) is 10.5. The van der Waals surface area contributed by atoms with E-state index < -0.39 is 23.1 Å². The van der Waals surface area contributed by atoms with Crippen molar-refractivity contribution in [3.05, 3.63) is 35.9 Å². The van der Waals surface area contributed by atoms with Crippen LogP contribution in [-0.4, -0.2) is 27.0 Å². The van der Waals surface area contributed by atoms with E-state index in [1.807, 2.05) is 6.07 Å². The highest BCUT2D eigenvalue weighted by molar-refractivity contribution is 5.98. The van der Waals surface area contributed by atoms with Gasteiger partial charge in [-0.2, -0.15) is 0 Å². The van der Waals surface area contributed by atoms with Gasteiger partial charge < -0.3 is 20.2 Å². The van der Waals surface area contributed by atoms with Crippen LogP contribution in [0, 0.1) is 0 Å². The number of imidazole rings is 1. The van der Waals surface area contributed by atoms with Crippen LogP contribution in [0.25, 0.3) is 5.52 Å². The minimum Gasteiger partial charge on any atom is -0.444 e. The number of nitrogens with two attached hydrogens (primary N) is 1. The highest BCUT2D eigenvalue weighted by Crippen LogP contribution is 2.23. The van der Waals surface area contributed by atoms with E-state index in [4.69, 9.17) is 10.5 Å². The number of carbonyl (C=O) groups excluding carboxylic acids is 2. The quantitative estimate of drug-likeness (QED) is 0.906. The number of hydrogen-bond acceptors (Lipinski definition) is 4. The Labute approximate surface area is 134 Å². The number of pyridine rings is 1. The molecular weight excluding hydrogens is 296 g/mol. The van der Waals surface area contributed by atoms with Crippen molar-refractivity contribution in [3.63, 3.8) is 0 Å². The molecule has 2 aromatic heterocycles. The van der Waals surface area contributed by atoms with Crippen LogP contribution >= 0.6 is 0 Å². The second-order valence-corrected chi connectivity index (χ2v) is 6.86. The minimum absolute atomic E-state index is 0.166. The van der Waals surface area contributed by atoms with Gasteiger partial charge in [0.25, 0.3) is 5.91 Å². The Morgan fingerprint density at radius 3 is 2.43 bits per heavy atom. The Kier molecular flexibility index (Phi) is 4.07. The SMILES string of the molecule is CC(C)(C)OC(=O)NC(C)(C)c1nc(C(N)=O)c2ccccn12. The van der Waals surface area contributed by atoms with Gasteiger partial charge in [-0.05, 0) is 46.8 Å². The summed E-state index contributed by atoms with van der Waals surface area (Å²) in [4.78, 5) is 28.0. The summed E-state index contributed by atoms with van der Waals surface area (Å²) in [6, 6.07) is 5.36. The highest BCUT2D eigenvalue weighted by atomic mass is 16.6. The first-order valence-electron chi connectivity index (χ1n) is 7.30. The van der Waals surface area contributed by atoms with Crippen LogP contribution in [0.3, 0.4) is 0 Å². The average molecular weight is 318 g/mol. The number of rotatable bonds is 3. The fourth-order valence-corrected chi connectivity index (χ4v) is 2.27. The maximum Gasteiger partial charge on any atom is 0.408 e. The maximum absolute atomic E-state index is 12.1. The van der Waals surface area contributed by atoms with E-state index in [0.717, 1.165) is 0 Å². The van der Waals surface area contributed by atoms with E-state index >= 15 is 0 Å². The van der Waals surface area contributed by atoms with Gasteiger partial charge in [0.05, 0.1) is 11.1 Å². The van der Waals surface area contributed by atoms with Crippen molar-refractivity contribution >= 4 is 17.5 Å². The predicted molar refractivity (Wildman–Crippen MR) is 86.1 cm³/mol. The van der Waals surface area contributed by atoms with Crippen LogP contribution in [0.5, 0.6) is 0 Å². The maximum atomic E-state index is 12.1. The Bertz CT molecular complexity index is 756. The number of carbonyl (C=O) groups is 2. The zero-order valence-electron chi connectivity index (χ0n) is 14.0. The van der Waals surface area contributed by atoms with Gasteiger partial charge >= 0.3 is 6.09 Å². The van der Waals surface area contributed by atoms with Crippen LogP contribution in [0.2, 0.25) is 0 Å². The number of primary amides is 1. The molecule has 0 aromatic carbocycles. The minimum atomic E-state index is -0.861. The molecule has 0 saturated carbocycles. The summed E-state index contributed by atoms with van der Waals surface area (Å²) in [6.45, 7) is 8.92. The number of amides is 2. The van der Waals surface area contributed by atoms with Crippen molar-refractivity contribution in [2.75, 3.05) is 0 Å². The fourth-order valence-electron chi connectivity index (χ4n) is 2.27. The number of aromatic nitrogens is 2. The van der Waals surface area contributed by atoms with E-state index in [1.54, 1.807) is 57.3 Å². The molecule has 0 saturated heterocycles. The lowest BCUT2D eigenvalue weighted by atomic mass is 10.1. The molecule has 0 spiro atoms. The molecule has 0 aliphatic carbocycles. The van der Waals surface area contributed by atoms with Crippen molar-refractivity contribution < 1.29 is 14.3 Å². The van der Waals surface area contributed by atoms with Crippen LogP contribution in [-0.2, 0) is 10.3 Å². The van der Waals surface area contributed by atoms with Gasteiger partial charge in [-0.3, -0.25) is 4.79 Å². The largest absolute Gasteiger partial charge is 0.444 e. The monoisotopic (exact) mass is 318 g/mol. The summed E-state index contributed by atoms with van der Waals surface area (Å²) in [5.41, 5.74) is 4.69. The van der Waals surface area contributed by atoms with Crippen LogP contribution in [0.4, 0.5) is 4.79 Å². The third kappa shape index (κ3) is 3.61. The summed E-state index contributed by atoms with van der Waals surface area (Å²) in [5, 5.41) is 2.78. The Hall–Kier alpha value is -2.57. The smallest absolute Gasteiger partial charge is 0.408 e. The normalized spacial score (nSPS) is 12.2. The van der Waals surface area contributed by atoms with Crippen molar-refractivity contribution in [1.29, 1.82) is 0 Å². The molecule has 2 heterocycles. The zero-order chi connectivity index (χ0) is 17.4. The summed E-state index contributed by atoms with van der Waals surface area (Å²) in [5.74, 6) is -0.124. The fraction of sp³-hybridized carbons (Fsp3) is 0.438. The average Bonchev–Trinajstić information content (AvgIpc) is 2.75. The molecule has 0 unspecified atom stereocenters. The molecule has 0 atom stereocenters. The molecule has 7 heteroatoms. The van der Waals surface area contributed by atoms with E-state index in [1.165, 1.54) is 0 Å². The van der Waals surface area contributed by atoms with E-state index in [0.29, 0.717) is 11.3 Å². The van der Waals surface area contributed by atoms with Gasteiger partial charge in [-0.1, -0.05) is 6.07 Å². The lowest BCUT2D eigenvalue weighted by Gasteiger charge is -2.27. The number of nitrogens with zero attached hydrogens (tertiary/aromatic N) is 2. The van der Waals surface area contributed by atoms with Gasteiger partial charge in [-0.25, -0.2) is 9.78 Å². The van der Waals surface area contributed by atoms with E-state index in [2.05, 4.69) is 10.3 Å². The van der Waals surface area contributed by atoms with Crippen molar-refractivity contribution in [1.82, 2.24) is 14.7 Å². The molecule has 0 bridgehead atoms. The summed E-state index contributed by atoms with van der Waals surface area (Å²) < 4.78 is 7.02. The third-order valence-electron chi connectivity index (χ3n) is 3.15. The molecule has 124 valence electrons. The second-order valence-electron chi connectivity index (χ2n) is 6.86. The second kappa shape index (κ2) is 5.57. The van der Waals surface area contributed by atoms with Gasteiger partial charge in [0.15, 0.2) is 5.69 Å². The lowest BCUT2D eigenvalue weighted by Crippen LogP contribution is -2.45. The molecule has 0 aliphatic rings. The van der Waals surface area contributed by atoms with Crippen LogP contribution < -0.4 is 11.1 Å². The number of fused-ring (bicyclic) bond motifs is 1. The third-order valence-corrected chi connectivity index (χ3v) is 3.15. The van der Waals surface area contributed by atoms with Gasteiger partial charge in [0.1, 0.15) is 11.4 Å². The Morgan fingerprint density at radius 1 is 1.22 bits per heavy atom. The van der Waals surface area contributed by atoms with Crippen LogP contribution in [0.1, 0.15) is 50.9 Å². The molecule has 3 N–H and O–H groups in total. The molecule has 0 aliphatic heterocycles. The zero-order valence-corrected chi connectivity index (χ0v) is 14.0. The van der Waals surface area contributed by atoms with Crippen molar-refractivity contribution in [2.45, 2.75) is 45.8 Å². The molecule has 0 radical (unpaired) electrons. The molecule has 2 rings (SSSR count). The summed E-state index contributed by atoms with van der Waals surface area (Å²) in [7, 11) is 0. The molecule has 7 nitrogen and oxygen atoms in total. The molecular formula is C16H22N4O3. The summed E-state index contributed by atoms with van der Waals surface area (Å²) in [6.07, 6.45) is 1.21. The Balaban J connectivity index is 2.42. The lowest BCUT2D eigenvalue weighted by molar-refractivity contribution is 0.0466. The topological polar surface area (TPSA) is 98.7 Å². The van der Waals surface area contributed by atoms with Gasteiger partial charge in [0, 0.05) is 6.20 Å². The molecule has 0 fully saturated rings. The van der Waals surface area contributed by atoms with Crippen LogP contribution in [0.15, 0.2) is 24.4 Å². The van der Waals surface area contributed by atoms with E-state index in [9.17, 15) is 9.59 Å². The number of hydrogen-bond donors (Lipinski definition) is 2. The Morgan fingerprint density at radius 2 is 1.87 bits per heavy atom. The van der Waals surface area contributed by atoms with Crippen molar-refractivity contribution in [2.24, 2.45) is 5.73 Å². The number of nitrogens with one attached hydrogen (secondary N) is 1. The van der Waals surface area contributed by atoms with E-state index in [-0.39, 0.29) is 5.69 Å². The summed E-state index contributed by atoms with van der Waals surface area (Å²) >= 11 is 0. The number of ether oxygens (including phenoxy) is 1.